The zero-order valence-corrected chi connectivity index (χ0v) is 14.5. The highest BCUT2D eigenvalue weighted by Gasteiger charge is 2.25. The number of carbonyl (C=O) groups is 1. The van der Waals surface area contributed by atoms with Crippen LogP contribution in [0.15, 0.2) is 66.2 Å². The minimum atomic E-state index is -0.335. The number of ether oxygens (including phenoxy) is 3. The van der Waals surface area contributed by atoms with E-state index in [-0.39, 0.29) is 18.2 Å². The van der Waals surface area contributed by atoms with Crippen LogP contribution in [-0.4, -0.2) is 25.8 Å². The number of rotatable bonds is 6. The van der Waals surface area contributed by atoms with E-state index in [2.05, 4.69) is 13.0 Å². The van der Waals surface area contributed by atoms with Crippen LogP contribution in [0.1, 0.15) is 34.5 Å². The molecule has 0 saturated carbocycles. The van der Waals surface area contributed by atoms with Gasteiger partial charge in [-0.1, -0.05) is 42.5 Å². The minimum Gasteiger partial charge on any atom is -0.465 e. The molecular weight excluding hydrogens is 316 g/mol. The largest absolute Gasteiger partial charge is 0.465 e. The molecule has 130 valence electrons. The Labute approximate surface area is 148 Å². The quantitative estimate of drug-likeness (QED) is 0.588. The SMILES string of the molecule is COC(=O)c1ccc(C2C=C(C)C(COCc3ccccc3)O2)cc1. The van der Waals surface area contributed by atoms with E-state index in [0.717, 1.165) is 16.7 Å². The van der Waals surface area contributed by atoms with E-state index in [1.165, 1.54) is 7.11 Å². The molecule has 0 spiro atoms. The van der Waals surface area contributed by atoms with Crippen LogP contribution in [0, 0.1) is 0 Å². The maximum atomic E-state index is 11.5. The van der Waals surface area contributed by atoms with Crippen molar-refractivity contribution in [3.8, 4) is 0 Å². The Morgan fingerprint density at radius 1 is 1.08 bits per heavy atom. The van der Waals surface area contributed by atoms with Gasteiger partial charge in [-0.3, -0.25) is 0 Å². The van der Waals surface area contributed by atoms with Crippen molar-refractivity contribution in [1.29, 1.82) is 0 Å². The number of carbonyl (C=O) groups excluding carboxylic acids is 1. The minimum absolute atomic E-state index is 0.0472. The van der Waals surface area contributed by atoms with E-state index in [1.54, 1.807) is 12.1 Å². The molecule has 4 nitrogen and oxygen atoms in total. The molecule has 3 rings (SSSR count). The van der Waals surface area contributed by atoms with Crippen LogP contribution in [0.2, 0.25) is 0 Å². The summed E-state index contributed by atoms with van der Waals surface area (Å²) in [7, 11) is 1.38. The molecule has 0 bridgehead atoms. The maximum absolute atomic E-state index is 11.5. The van der Waals surface area contributed by atoms with Crippen LogP contribution in [-0.2, 0) is 20.8 Å². The van der Waals surface area contributed by atoms with Gasteiger partial charge < -0.3 is 14.2 Å². The molecule has 0 radical (unpaired) electrons. The van der Waals surface area contributed by atoms with Crippen LogP contribution in [0.25, 0.3) is 0 Å². The highest BCUT2D eigenvalue weighted by molar-refractivity contribution is 5.89. The number of esters is 1. The summed E-state index contributed by atoms with van der Waals surface area (Å²) in [5.41, 5.74) is 3.86. The molecule has 25 heavy (non-hydrogen) atoms. The third-order valence-electron chi connectivity index (χ3n) is 4.27. The average molecular weight is 338 g/mol. The fraction of sp³-hybridized carbons (Fsp3) is 0.286. The van der Waals surface area contributed by atoms with E-state index in [9.17, 15) is 4.79 Å². The summed E-state index contributed by atoms with van der Waals surface area (Å²) in [6, 6.07) is 17.4. The van der Waals surface area contributed by atoms with E-state index >= 15 is 0 Å². The molecule has 2 aromatic rings. The third kappa shape index (κ3) is 4.35. The van der Waals surface area contributed by atoms with Gasteiger partial charge in [-0.15, -0.1) is 0 Å². The van der Waals surface area contributed by atoms with Crippen molar-refractivity contribution in [1.82, 2.24) is 0 Å². The number of hydrogen-bond acceptors (Lipinski definition) is 4. The molecule has 0 aromatic heterocycles. The predicted molar refractivity (Wildman–Crippen MR) is 95.3 cm³/mol. The van der Waals surface area contributed by atoms with Crippen molar-refractivity contribution in [2.75, 3.05) is 13.7 Å². The lowest BCUT2D eigenvalue weighted by Crippen LogP contribution is -2.17. The van der Waals surface area contributed by atoms with Gasteiger partial charge >= 0.3 is 5.97 Å². The van der Waals surface area contributed by atoms with Crippen LogP contribution in [0.5, 0.6) is 0 Å². The van der Waals surface area contributed by atoms with Gasteiger partial charge in [-0.25, -0.2) is 4.79 Å². The summed E-state index contributed by atoms with van der Waals surface area (Å²) in [4.78, 5) is 11.5. The first-order chi connectivity index (χ1) is 12.2. The summed E-state index contributed by atoms with van der Waals surface area (Å²) >= 11 is 0. The first kappa shape index (κ1) is 17.4. The third-order valence-corrected chi connectivity index (χ3v) is 4.27. The average Bonchev–Trinajstić information content (AvgIpc) is 3.03. The maximum Gasteiger partial charge on any atom is 0.337 e. The molecule has 0 N–H and O–H groups in total. The Morgan fingerprint density at radius 2 is 1.80 bits per heavy atom. The smallest absolute Gasteiger partial charge is 0.337 e. The van der Waals surface area contributed by atoms with Crippen molar-refractivity contribution in [2.45, 2.75) is 25.7 Å². The summed E-state index contributed by atoms with van der Waals surface area (Å²) < 4.78 is 16.6. The molecule has 1 aliphatic rings. The topological polar surface area (TPSA) is 44.8 Å². The Bertz CT molecular complexity index is 734. The van der Waals surface area contributed by atoms with E-state index in [4.69, 9.17) is 14.2 Å². The van der Waals surface area contributed by atoms with Gasteiger partial charge in [-0.05, 0) is 41.8 Å². The van der Waals surface area contributed by atoms with Crippen LogP contribution in [0.3, 0.4) is 0 Å². The summed E-state index contributed by atoms with van der Waals surface area (Å²) in [6.07, 6.45) is 1.94. The predicted octanol–water partition coefficient (Wildman–Crippen LogP) is 4.08. The van der Waals surface area contributed by atoms with Crippen LogP contribution < -0.4 is 0 Å². The molecular formula is C21H22O4. The summed E-state index contributed by atoms with van der Waals surface area (Å²) in [5.74, 6) is -0.335. The number of hydrogen-bond donors (Lipinski definition) is 0. The van der Waals surface area contributed by atoms with Crippen molar-refractivity contribution in [3.05, 3.63) is 82.9 Å². The zero-order chi connectivity index (χ0) is 17.6. The summed E-state index contributed by atoms with van der Waals surface area (Å²) in [5, 5.41) is 0. The van der Waals surface area contributed by atoms with E-state index < -0.39 is 0 Å². The molecule has 0 amide bonds. The molecule has 2 aromatic carbocycles. The lowest BCUT2D eigenvalue weighted by Gasteiger charge is -2.16. The van der Waals surface area contributed by atoms with E-state index in [1.807, 2.05) is 42.5 Å². The zero-order valence-electron chi connectivity index (χ0n) is 14.5. The van der Waals surface area contributed by atoms with Crippen molar-refractivity contribution < 1.29 is 19.0 Å². The van der Waals surface area contributed by atoms with Crippen molar-refractivity contribution >= 4 is 5.97 Å². The van der Waals surface area contributed by atoms with Crippen LogP contribution >= 0.6 is 0 Å². The van der Waals surface area contributed by atoms with Crippen LogP contribution in [0.4, 0.5) is 0 Å². The highest BCUT2D eigenvalue weighted by atomic mass is 16.5. The number of methoxy groups -OCH3 is 1. The Balaban J connectivity index is 1.55. The van der Waals surface area contributed by atoms with Crippen molar-refractivity contribution in [2.24, 2.45) is 0 Å². The second-order valence-electron chi connectivity index (χ2n) is 6.07. The fourth-order valence-electron chi connectivity index (χ4n) is 2.80. The van der Waals surface area contributed by atoms with Gasteiger partial charge in [-0.2, -0.15) is 0 Å². The van der Waals surface area contributed by atoms with Gasteiger partial charge in [0.2, 0.25) is 0 Å². The monoisotopic (exact) mass is 338 g/mol. The van der Waals surface area contributed by atoms with Gasteiger partial charge in [0, 0.05) is 0 Å². The first-order valence-corrected chi connectivity index (χ1v) is 8.31. The van der Waals surface area contributed by atoms with Gasteiger partial charge in [0.05, 0.1) is 25.9 Å². The Hall–Kier alpha value is -2.43. The Kier molecular flexibility index (Phi) is 5.64. The fourth-order valence-corrected chi connectivity index (χ4v) is 2.80. The van der Waals surface area contributed by atoms with Crippen molar-refractivity contribution in [3.63, 3.8) is 0 Å². The van der Waals surface area contributed by atoms with E-state index in [0.29, 0.717) is 18.8 Å². The molecule has 1 heterocycles. The highest BCUT2D eigenvalue weighted by Crippen LogP contribution is 2.31. The first-order valence-electron chi connectivity index (χ1n) is 8.31. The molecule has 0 saturated heterocycles. The molecule has 0 fully saturated rings. The number of benzene rings is 2. The molecule has 2 atom stereocenters. The Morgan fingerprint density at radius 3 is 2.48 bits per heavy atom. The standard InChI is InChI=1S/C21H22O4/c1-15-12-19(17-8-10-18(11-9-17)21(22)23-2)25-20(15)14-24-13-16-6-4-3-5-7-16/h3-12,19-20H,13-14H2,1-2H3. The van der Waals surface area contributed by atoms with Gasteiger partial charge in [0.1, 0.15) is 12.2 Å². The normalized spacial score (nSPS) is 19.5. The molecule has 1 aliphatic heterocycles. The molecule has 0 aliphatic carbocycles. The molecule has 2 unspecified atom stereocenters. The second-order valence-corrected chi connectivity index (χ2v) is 6.07. The second kappa shape index (κ2) is 8.10. The van der Waals surface area contributed by atoms with Gasteiger partial charge in [0.25, 0.3) is 0 Å². The van der Waals surface area contributed by atoms with Gasteiger partial charge in [0.15, 0.2) is 0 Å². The lowest BCUT2D eigenvalue weighted by atomic mass is 10.1. The molecule has 4 heteroatoms. The lowest BCUT2D eigenvalue weighted by molar-refractivity contribution is -0.0126. The summed E-state index contributed by atoms with van der Waals surface area (Å²) in [6.45, 7) is 3.15.